The van der Waals surface area contributed by atoms with Gasteiger partial charge in [-0.2, -0.15) is 27.2 Å². The van der Waals surface area contributed by atoms with Gasteiger partial charge in [0.25, 0.3) is 22.0 Å². The number of carbonyl (C=O) groups is 4. The Bertz CT molecular complexity index is 3240. The lowest BCUT2D eigenvalue weighted by molar-refractivity contribution is 0.0991. The molecule has 6 heterocycles. The summed E-state index contributed by atoms with van der Waals surface area (Å²) < 4.78 is 48.1. The van der Waals surface area contributed by atoms with Crippen LogP contribution >= 0.6 is 12.4 Å². The van der Waals surface area contributed by atoms with E-state index in [-0.39, 0.29) is 66.8 Å². The van der Waals surface area contributed by atoms with E-state index in [2.05, 4.69) is 38.0 Å². The first-order valence-corrected chi connectivity index (χ1v) is 24.7. The summed E-state index contributed by atoms with van der Waals surface area (Å²) in [5.41, 5.74) is 15.2. The van der Waals surface area contributed by atoms with Crippen molar-refractivity contribution in [1.29, 1.82) is 0 Å². The van der Waals surface area contributed by atoms with E-state index in [0.717, 1.165) is 0 Å². The molecule has 2 aliphatic rings. The molecule has 0 spiro atoms. The number of hydrogen-bond donors (Lipinski definition) is 5. The van der Waals surface area contributed by atoms with Crippen molar-refractivity contribution in [2.45, 2.75) is 66.7 Å². The Labute approximate surface area is 421 Å². The second kappa shape index (κ2) is 22.4. The van der Waals surface area contributed by atoms with Crippen molar-refractivity contribution < 1.29 is 37.1 Å². The Balaban J connectivity index is 0.00000760. The number of allylic oxidation sites excluding steroid dienone is 2. The molecule has 2 aliphatic heterocycles. The van der Waals surface area contributed by atoms with Gasteiger partial charge in [0.15, 0.2) is 0 Å². The van der Waals surface area contributed by atoms with E-state index < -0.39 is 33.8 Å². The molecule has 4 amide bonds. The van der Waals surface area contributed by atoms with E-state index in [1.165, 1.54) is 40.0 Å². The molecule has 2 saturated heterocycles. The predicted molar refractivity (Wildman–Crippen MR) is 272 cm³/mol. The van der Waals surface area contributed by atoms with Crippen LogP contribution in [0.2, 0.25) is 0 Å². The fourth-order valence-electron chi connectivity index (χ4n) is 8.76. The summed E-state index contributed by atoms with van der Waals surface area (Å²) >= 11 is 0. The molecular weight excluding hydrogens is 970 g/mol. The number of primary amides is 2. The number of ether oxygens (including phenoxy) is 2. The van der Waals surface area contributed by atoms with Crippen molar-refractivity contribution in [1.82, 2.24) is 52.6 Å². The number of aryl methyl sites for hydroxylation is 4. The van der Waals surface area contributed by atoms with E-state index in [9.17, 15) is 27.6 Å². The summed E-state index contributed by atoms with van der Waals surface area (Å²) in [6.45, 7) is 11.2. The van der Waals surface area contributed by atoms with Gasteiger partial charge < -0.3 is 35.4 Å². The van der Waals surface area contributed by atoms with Gasteiger partial charge >= 0.3 is 0 Å². The first kappa shape index (κ1) is 52.5. The van der Waals surface area contributed by atoms with Gasteiger partial charge in [0, 0.05) is 82.5 Å². The SMILES string of the molecule is CCn1nc(C)cc1C(=O)Nc1nc2cc(C(N)=O)cc(OC)c2n1C/C=C/Cn1c(NC(=O)c2cc(C)nn2CC)nc2cc(C(N)=O)cc(OCC#CC3CCN(S(=O)(=O)N4CCNCC4)CC3)c21.Cl. The van der Waals surface area contributed by atoms with Crippen LogP contribution in [0.1, 0.15) is 79.8 Å². The number of rotatable bonds is 17. The number of nitrogens with zero attached hydrogens (tertiary/aromatic N) is 10. The highest BCUT2D eigenvalue weighted by atomic mass is 35.5. The maximum absolute atomic E-state index is 13.9. The second-order valence-corrected chi connectivity index (χ2v) is 18.9. The number of nitrogens with two attached hydrogens (primary N) is 2. The molecule has 0 radical (unpaired) electrons. The molecule has 382 valence electrons. The summed E-state index contributed by atoms with van der Waals surface area (Å²) in [5.74, 6) is 4.72. The third kappa shape index (κ3) is 11.1. The third-order valence-electron chi connectivity index (χ3n) is 12.3. The molecule has 0 saturated carbocycles. The highest BCUT2D eigenvalue weighted by Crippen LogP contribution is 2.33. The quantitative estimate of drug-likeness (QED) is 0.0650. The number of halogens is 1. The third-order valence-corrected chi connectivity index (χ3v) is 14.3. The lowest BCUT2D eigenvalue weighted by atomic mass is 9.99. The number of benzene rings is 2. The van der Waals surface area contributed by atoms with Gasteiger partial charge in [0.2, 0.25) is 23.7 Å². The number of carbonyl (C=O) groups excluding carboxylic acids is 4. The smallest absolute Gasteiger partial charge is 0.282 e. The number of amides is 4. The first-order valence-electron chi connectivity index (χ1n) is 23.3. The Morgan fingerprint density at radius 1 is 0.750 bits per heavy atom. The van der Waals surface area contributed by atoms with Crippen molar-refractivity contribution in [2.24, 2.45) is 17.4 Å². The van der Waals surface area contributed by atoms with Gasteiger partial charge in [-0.3, -0.25) is 39.2 Å². The van der Waals surface area contributed by atoms with E-state index in [0.29, 0.717) is 116 Å². The maximum atomic E-state index is 13.9. The fraction of sp³-hybridized carbons (Fsp3) is 0.404. The van der Waals surface area contributed by atoms with Crippen LogP contribution < -0.4 is 36.9 Å². The zero-order valence-electron chi connectivity index (χ0n) is 40.6. The number of imidazole rings is 2. The molecule has 0 atom stereocenters. The zero-order chi connectivity index (χ0) is 50.6. The molecule has 0 aliphatic carbocycles. The Kier molecular flexibility index (Phi) is 16.4. The minimum Gasteiger partial charge on any atom is -0.494 e. The summed E-state index contributed by atoms with van der Waals surface area (Å²) in [6, 6.07) is 9.38. The van der Waals surface area contributed by atoms with Gasteiger partial charge in [-0.25, -0.2) is 9.97 Å². The summed E-state index contributed by atoms with van der Waals surface area (Å²) in [5, 5.41) is 17.9. The van der Waals surface area contributed by atoms with Gasteiger partial charge in [0.1, 0.15) is 40.5 Å². The zero-order valence-corrected chi connectivity index (χ0v) is 42.2. The molecule has 23 nitrogen and oxygen atoms in total. The van der Waals surface area contributed by atoms with Crippen molar-refractivity contribution in [3.8, 4) is 23.3 Å². The Morgan fingerprint density at radius 3 is 1.69 bits per heavy atom. The lowest BCUT2D eigenvalue weighted by Gasteiger charge is -2.35. The van der Waals surface area contributed by atoms with Crippen LogP contribution in [-0.4, -0.2) is 132 Å². The molecule has 25 heteroatoms. The van der Waals surface area contributed by atoms with Crippen LogP contribution in [0.5, 0.6) is 11.5 Å². The van der Waals surface area contributed by atoms with Gasteiger partial charge in [-0.1, -0.05) is 24.0 Å². The predicted octanol–water partition coefficient (Wildman–Crippen LogP) is 3.07. The molecule has 2 aromatic carbocycles. The summed E-state index contributed by atoms with van der Waals surface area (Å²) in [4.78, 5) is 62.1. The van der Waals surface area contributed by atoms with Crippen molar-refractivity contribution in [3.05, 3.63) is 82.5 Å². The number of methoxy groups -OCH3 is 1. The fourth-order valence-corrected chi connectivity index (χ4v) is 10.4. The van der Waals surface area contributed by atoms with E-state index in [4.69, 9.17) is 30.9 Å². The number of fused-ring (bicyclic) bond motifs is 2. The van der Waals surface area contributed by atoms with Crippen LogP contribution in [0.3, 0.4) is 0 Å². The average molecular weight is 1030 g/mol. The maximum Gasteiger partial charge on any atom is 0.282 e. The van der Waals surface area contributed by atoms with E-state index in [1.54, 1.807) is 44.5 Å². The summed E-state index contributed by atoms with van der Waals surface area (Å²) in [7, 11) is -2.10. The lowest BCUT2D eigenvalue weighted by Crippen LogP contribution is -2.53. The van der Waals surface area contributed by atoms with Crippen molar-refractivity contribution >= 4 is 80.2 Å². The molecule has 6 aromatic rings. The van der Waals surface area contributed by atoms with Crippen LogP contribution in [0.4, 0.5) is 11.9 Å². The van der Waals surface area contributed by atoms with Crippen LogP contribution in [-0.2, 0) is 36.4 Å². The second-order valence-electron chi connectivity index (χ2n) is 17.0. The minimum atomic E-state index is -3.55. The normalized spacial score (nSPS) is 14.8. The van der Waals surface area contributed by atoms with Crippen LogP contribution in [0, 0.1) is 31.6 Å². The highest BCUT2D eigenvalue weighted by Gasteiger charge is 2.33. The van der Waals surface area contributed by atoms with Crippen molar-refractivity contribution in [3.63, 3.8) is 0 Å². The highest BCUT2D eigenvalue weighted by molar-refractivity contribution is 7.86. The van der Waals surface area contributed by atoms with Gasteiger partial charge in [0.05, 0.1) is 29.5 Å². The molecule has 4 aromatic heterocycles. The molecule has 8 rings (SSSR count). The van der Waals surface area contributed by atoms with E-state index in [1.807, 2.05) is 26.0 Å². The van der Waals surface area contributed by atoms with Crippen LogP contribution in [0.25, 0.3) is 22.1 Å². The molecular formula is C47H58ClN15O8S. The first-order chi connectivity index (χ1) is 34.1. The minimum absolute atomic E-state index is 0. The number of piperidine rings is 1. The van der Waals surface area contributed by atoms with Gasteiger partial charge in [-0.15, -0.1) is 12.4 Å². The number of anilines is 2. The molecule has 0 bridgehead atoms. The summed E-state index contributed by atoms with van der Waals surface area (Å²) in [6.07, 6.45) is 4.75. The number of nitrogens with one attached hydrogen (secondary N) is 3. The number of piperazine rings is 1. The molecule has 2 fully saturated rings. The number of aromatic nitrogens is 8. The standard InChI is InChI=1S/C47H57N15O8S.ClH/c1-6-61-36(23-29(3)55-61)44(65)53-46-51-34-25-32(42(48)63)27-38(69-5)40(34)59(46)16-8-9-17-60-41-35(52-47(60)54-45(66)37-24-30(4)56-62(37)7-2)26-33(43(49)64)28-39(41)70-22-10-11-31-12-18-57(19-13-31)71(67,68)58-20-14-50-15-21-58;/h8-9,23-28,31,50H,6-7,12-22H2,1-5H3,(H2,48,63)(H2,49,64)(H,51,53,65)(H,52,54,66);1H/b9-8+;. The molecule has 0 unspecified atom stereocenters. The topological polar surface area (TPSA) is 287 Å². The van der Waals surface area contributed by atoms with Crippen molar-refractivity contribution in [2.75, 3.05) is 63.6 Å². The Morgan fingerprint density at radius 2 is 1.22 bits per heavy atom. The van der Waals surface area contributed by atoms with E-state index >= 15 is 0 Å². The van der Waals surface area contributed by atoms with Gasteiger partial charge in [-0.05, 0) is 76.9 Å². The molecule has 72 heavy (non-hydrogen) atoms. The monoisotopic (exact) mass is 1030 g/mol. The average Bonchev–Trinajstić information content (AvgIpc) is 4.13. The number of hydrogen-bond acceptors (Lipinski definition) is 13. The molecule has 7 N–H and O–H groups in total. The Hall–Kier alpha value is -7.30. The van der Waals surface area contributed by atoms with Crippen LogP contribution in [0.15, 0.2) is 48.6 Å². The largest absolute Gasteiger partial charge is 0.494 e.